The summed E-state index contributed by atoms with van der Waals surface area (Å²) in [5.41, 5.74) is 3.97. The second kappa shape index (κ2) is 12.2. The quantitative estimate of drug-likeness (QED) is 0.439. The van der Waals surface area contributed by atoms with E-state index in [1.54, 1.807) is 0 Å². The Labute approximate surface area is 191 Å². The van der Waals surface area contributed by atoms with Gasteiger partial charge in [0.05, 0.1) is 5.92 Å². The van der Waals surface area contributed by atoms with Crippen molar-refractivity contribution < 1.29 is 9.90 Å². The van der Waals surface area contributed by atoms with E-state index >= 15 is 0 Å². The summed E-state index contributed by atoms with van der Waals surface area (Å²) in [6, 6.07) is 17.7. The molecular formula is C26H36N2O2S. The third kappa shape index (κ3) is 7.58. The van der Waals surface area contributed by atoms with Crippen LogP contribution in [0.2, 0.25) is 0 Å². The van der Waals surface area contributed by atoms with Crippen molar-refractivity contribution in [3.63, 3.8) is 0 Å². The number of thioether (sulfide) groups is 1. The molecule has 1 aliphatic heterocycles. The first-order chi connectivity index (χ1) is 15.0. The van der Waals surface area contributed by atoms with Gasteiger partial charge in [-0.05, 0) is 69.5 Å². The van der Waals surface area contributed by atoms with Crippen LogP contribution >= 0.6 is 11.8 Å². The number of benzene rings is 2. The van der Waals surface area contributed by atoms with Gasteiger partial charge in [-0.2, -0.15) is 0 Å². The molecule has 5 heteroatoms. The average molecular weight is 441 g/mol. The third-order valence-corrected chi connectivity index (χ3v) is 7.24. The van der Waals surface area contributed by atoms with Gasteiger partial charge in [0.25, 0.3) is 0 Å². The van der Waals surface area contributed by atoms with Gasteiger partial charge in [-0.3, -0.25) is 4.79 Å². The maximum Gasteiger partial charge on any atom is 0.306 e. The molecular weight excluding hydrogens is 404 g/mol. The highest BCUT2D eigenvalue weighted by molar-refractivity contribution is 7.99. The Hall–Kier alpha value is -1.98. The second-order valence-corrected chi connectivity index (χ2v) is 9.71. The minimum atomic E-state index is -0.638. The molecule has 0 radical (unpaired) electrons. The van der Waals surface area contributed by atoms with E-state index in [1.165, 1.54) is 21.7 Å². The standard InChI is InChI=1S/C26H36N2O2S/c1-3-7-22-18-20(2)10-11-25(22)27-23(19-31-24-8-5-4-6-9-24)14-17-28-15-12-21(13-16-28)26(29)30/h4-6,8-11,18,21,23,27H,3,7,12-17,19H2,1-2H3,(H,29,30)/t23-/m1/s1. The van der Waals surface area contributed by atoms with Crippen LogP contribution in [0.1, 0.15) is 43.7 Å². The highest BCUT2D eigenvalue weighted by Gasteiger charge is 2.24. The van der Waals surface area contributed by atoms with Gasteiger partial charge in [-0.15, -0.1) is 11.8 Å². The first-order valence-corrected chi connectivity index (χ1v) is 12.5. The summed E-state index contributed by atoms with van der Waals surface area (Å²) >= 11 is 1.90. The molecule has 1 saturated heterocycles. The van der Waals surface area contributed by atoms with Gasteiger partial charge in [-0.1, -0.05) is 49.2 Å². The SMILES string of the molecule is CCCc1cc(C)ccc1N[C@H](CCN1CCC(C(=O)O)CC1)CSc1ccccc1. The molecule has 4 nitrogen and oxygen atoms in total. The van der Waals surface area contributed by atoms with Crippen LogP contribution in [0.15, 0.2) is 53.4 Å². The van der Waals surface area contributed by atoms with Gasteiger partial charge in [0.1, 0.15) is 0 Å². The summed E-state index contributed by atoms with van der Waals surface area (Å²) in [5.74, 6) is 0.207. The number of piperidine rings is 1. The molecule has 168 valence electrons. The van der Waals surface area contributed by atoms with Gasteiger partial charge in [-0.25, -0.2) is 0 Å². The smallest absolute Gasteiger partial charge is 0.306 e. The number of aliphatic carboxylic acids is 1. The lowest BCUT2D eigenvalue weighted by Crippen LogP contribution is -2.39. The van der Waals surface area contributed by atoms with E-state index in [0.717, 1.165) is 57.5 Å². The zero-order valence-corrected chi connectivity index (χ0v) is 19.7. The number of hydrogen-bond donors (Lipinski definition) is 2. The number of hydrogen-bond acceptors (Lipinski definition) is 4. The number of nitrogens with zero attached hydrogens (tertiary/aromatic N) is 1. The van der Waals surface area contributed by atoms with Crippen LogP contribution in [0.4, 0.5) is 5.69 Å². The Balaban J connectivity index is 1.63. The lowest BCUT2D eigenvalue weighted by atomic mass is 9.97. The molecule has 3 rings (SSSR count). The number of likely N-dealkylation sites (tertiary alicyclic amines) is 1. The molecule has 0 aromatic heterocycles. The Morgan fingerprint density at radius 3 is 2.61 bits per heavy atom. The van der Waals surface area contributed by atoms with Gasteiger partial charge in [0, 0.05) is 28.9 Å². The van der Waals surface area contributed by atoms with Crippen molar-refractivity contribution in [2.24, 2.45) is 5.92 Å². The minimum Gasteiger partial charge on any atom is -0.481 e. The Bertz CT molecular complexity index is 819. The molecule has 0 amide bonds. The maximum absolute atomic E-state index is 11.2. The van der Waals surface area contributed by atoms with Gasteiger partial charge in [0.2, 0.25) is 0 Å². The van der Waals surface area contributed by atoms with Crippen molar-refractivity contribution in [1.29, 1.82) is 0 Å². The van der Waals surface area contributed by atoms with Crippen LogP contribution in [-0.4, -0.2) is 47.4 Å². The molecule has 2 aromatic rings. The van der Waals surface area contributed by atoms with Crippen molar-refractivity contribution in [2.45, 2.75) is 56.9 Å². The van der Waals surface area contributed by atoms with E-state index in [4.69, 9.17) is 0 Å². The zero-order valence-electron chi connectivity index (χ0n) is 18.8. The predicted octanol–water partition coefficient (Wildman–Crippen LogP) is 5.71. The van der Waals surface area contributed by atoms with Crippen molar-refractivity contribution in [3.8, 4) is 0 Å². The van der Waals surface area contributed by atoms with Crippen LogP contribution in [0.25, 0.3) is 0 Å². The molecule has 1 atom stereocenters. The summed E-state index contributed by atoms with van der Waals surface area (Å²) in [6.45, 7) is 7.18. The third-order valence-electron chi connectivity index (χ3n) is 6.06. The highest BCUT2D eigenvalue weighted by atomic mass is 32.2. The van der Waals surface area contributed by atoms with E-state index < -0.39 is 5.97 Å². The van der Waals surface area contributed by atoms with Gasteiger partial charge >= 0.3 is 5.97 Å². The van der Waals surface area contributed by atoms with Gasteiger partial charge in [0.15, 0.2) is 0 Å². The Kier molecular flexibility index (Phi) is 9.29. The van der Waals surface area contributed by atoms with Crippen LogP contribution < -0.4 is 5.32 Å². The highest BCUT2D eigenvalue weighted by Crippen LogP contribution is 2.25. The number of carboxylic acid groups (broad SMARTS) is 1. The van der Waals surface area contributed by atoms with E-state index in [2.05, 4.69) is 72.6 Å². The molecule has 0 unspecified atom stereocenters. The fourth-order valence-corrected chi connectivity index (χ4v) is 5.21. The largest absolute Gasteiger partial charge is 0.481 e. The summed E-state index contributed by atoms with van der Waals surface area (Å²) in [7, 11) is 0. The van der Waals surface area contributed by atoms with Crippen molar-refractivity contribution in [2.75, 3.05) is 30.7 Å². The van der Waals surface area contributed by atoms with E-state index in [1.807, 2.05) is 11.8 Å². The first kappa shape index (κ1) is 23.7. The second-order valence-electron chi connectivity index (χ2n) is 8.62. The van der Waals surface area contributed by atoms with Gasteiger partial charge < -0.3 is 15.3 Å². The average Bonchev–Trinajstić information content (AvgIpc) is 2.78. The molecule has 2 aromatic carbocycles. The van der Waals surface area contributed by atoms with Crippen molar-refractivity contribution in [1.82, 2.24) is 4.90 Å². The molecule has 31 heavy (non-hydrogen) atoms. The van der Waals surface area contributed by atoms with E-state index in [9.17, 15) is 9.90 Å². The van der Waals surface area contributed by atoms with Crippen LogP contribution in [-0.2, 0) is 11.2 Å². The zero-order chi connectivity index (χ0) is 22.1. The topological polar surface area (TPSA) is 52.6 Å². The Morgan fingerprint density at radius 1 is 1.19 bits per heavy atom. The summed E-state index contributed by atoms with van der Waals surface area (Å²) in [6.07, 6.45) is 4.82. The molecule has 1 aliphatic rings. The lowest BCUT2D eigenvalue weighted by Gasteiger charge is -2.31. The molecule has 0 saturated carbocycles. The monoisotopic (exact) mass is 440 g/mol. The fraction of sp³-hybridized carbons (Fsp3) is 0.500. The Morgan fingerprint density at radius 2 is 1.94 bits per heavy atom. The van der Waals surface area contributed by atoms with E-state index in [-0.39, 0.29) is 5.92 Å². The van der Waals surface area contributed by atoms with Crippen molar-refractivity contribution >= 4 is 23.4 Å². The number of carboxylic acids is 1. The first-order valence-electron chi connectivity index (χ1n) is 11.5. The number of rotatable bonds is 11. The fourth-order valence-electron chi connectivity index (χ4n) is 4.21. The normalized spacial score (nSPS) is 16.2. The molecule has 0 bridgehead atoms. The number of anilines is 1. The summed E-state index contributed by atoms with van der Waals surface area (Å²) in [4.78, 5) is 15.0. The summed E-state index contributed by atoms with van der Waals surface area (Å²) < 4.78 is 0. The summed E-state index contributed by atoms with van der Waals surface area (Å²) in [5, 5.41) is 13.1. The molecule has 0 spiro atoms. The molecule has 1 fully saturated rings. The number of aryl methyl sites for hydroxylation is 2. The van der Waals surface area contributed by atoms with Crippen LogP contribution in [0.5, 0.6) is 0 Å². The number of carbonyl (C=O) groups is 1. The molecule has 1 heterocycles. The molecule has 2 N–H and O–H groups in total. The maximum atomic E-state index is 11.2. The van der Waals surface area contributed by atoms with Crippen LogP contribution in [0, 0.1) is 12.8 Å². The predicted molar refractivity (Wildman–Crippen MR) is 131 cm³/mol. The minimum absolute atomic E-state index is 0.164. The number of nitrogens with one attached hydrogen (secondary N) is 1. The van der Waals surface area contributed by atoms with E-state index in [0.29, 0.717) is 6.04 Å². The van der Waals surface area contributed by atoms with Crippen molar-refractivity contribution in [3.05, 3.63) is 59.7 Å². The van der Waals surface area contributed by atoms with Crippen LogP contribution in [0.3, 0.4) is 0 Å². The molecule has 0 aliphatic carbocycles. The lowest BCUT2D eigenvalue weighted by molar-refractivity contribution is -0.143.